The number of carbonyl (C=O) groups is 3. The van der Waals surface area contributed by atoms with Crippen LogP contribution in [-0.4, -0.2) is 35.3 Å². The lowest BCUT2D eigenvalue weighted by atomic mass is 10.1. The number of esters is 1. The van der Waals surface area contributed by atoms with Gasteiger partial charge in [0.2, 0.25) is 0 Å². The third-order valence-corrected chi connectivity index (χ3v) is 4.06. The van der Waals surface area contributed by atoms with Gasteiger partial charge >= 0.3 is 12.0 Å². The first-order valence-electron chi connectivity index (χ1n) is 7.77. The number of benzene rings is 1. The van der Waals surface area contributed by atoms with Crippen molar-refractivity contribution >= 4 is 41.3 Å². The molecule has 0 unspecified atom stereocenters. The maximum Gasteiger partial charge on any atom is 0.321 e. The van der Waals surface area contributed by atoms with Gasteiger partial charge in [0.05, 0.1) is 6.42 Å². The summed E-state index contributed by atoms with van der Waals surface area (Å²) < 4.78 is 5.03. The molecule has 0 aromatic heterocycles. The van der Waals surface area contributed by atoms with Gasteiger partial charge in [-0.15, -0.1) is 11.8 Å². The number of thioether (sulfide) groups is 1. The van der Waals surface area contributed by atoms with E-state index in [0.717, 1.165) is 4.90 Å². The molecule has 6 nitrogen and oxygen atoms in total. The quantitative estimate of drug-likeness (QED) is 0.578. The van der Waals surface area contributed by atoms with Crippen LogP contribution in [0, 0.1) is 0 Å². The molecule has 0 radical (unpaired) electrons. The summed E-state index contributed by atoms with van der Waals surface area (Å²) in [4.78, 5) is 36.2. The first-order valence-corrected chi connectivity index (χ1v) is 9.14. The number of hydrogen-bond acceptors (Lipinski definition) is 5. The molecule has 1 atom stereocenters. The number of amides is 3. The molecule has 0 heterocycles. The summed E-state index contributed by atoms with van der Waals surface area (Å²) in [6.45, 7) is 6.79. The molecular weight excluding hydrogens is 364 g/mol. The fourth-order valence-electron chi connectivity index (χ4n) is 1.68. The van der Waals surface area contributed by atoms with E-state index in [1.54, 1.807) is 32.9 Å². The lowest BCUT2D eigenvalue weighted by Crippen LogP contribution is -2.50. The van der Waals surface area contributed by atoms with Crippen molar-refractivity contribution in [3.8, 4) is 0 Å². The van der Waals surface area contributed by atoms with Crippen molar-refractivity contribution in [3.05, 3.63) is 29.3 Å². The van der Waals surface area contributed by atoms with Crippen molar-refractivity contribution in [2.45, 2.75) is 50.7 Å². The van der Waals surface area contributed by atoms with Crippen LogP contribution in [0.3, 0.4) is 0 Å². The molecule has 1 aromatic rings. The highest BCUT2D eigenvalue weighted by atomic mass is 35.5. The smallest absolute Gasteiger partial charge is 0.321 e. The predicted octanol–water partition coefficient (Wildman–Crippen LogP) is 3.38. The van der Waals surface area contributed by atoms with Crippen LogP contribution in [0.2, 0.25) is 5.02 Å². The Hall–Kier alpha value is -1.73. The second kappa shape index (κ2) is 9.68. The van der Waals surface area contributed by atoms with Gasteiger partial charge in [0, 0.05) is 21.2 Å². The van der Waals surface area contributed by atoms with Crippen LogP contribution in [-0.2, 0) is 14.3 Å². The molecule has 2 N–H and O–H groups in total. The molecule has 1 rings (SSSR count). The minimum atomic E-state index is -1.04. The number of ether oxygens (including phenoxy) is 1. The SMILES string of the molecule is C[C@H](OC(=O)CCSc1ccc(Cl)cc1)C(=O)NC(=O)NC(C)(C)C. The van der Waals surface area contributed by atoms with Gasteiger partial charge in [-0.3, -0.25) is 14.9 Å². The lowest BCUT2D eigenvalue weighted by molar-refractivity contribution is -0.154. The maximum atomic E-state index is 11.8. The topological polar surface area (TPSA) is 84.5 Å². The molecule has 0 aliphatic carbocycles. The number of carbonyl (C=O) groups excluding carboxylic acids is 3. The number of halogens is 1. The third-order valence-electron chi connectivity index (χ3n) is 2.79. The molecule has 0 spiro atoms. The van der Waals surface area contributed by atoms with Gasteiger partial charge in [-0.2, -0.15) is 0 Å². The fraction of sp³-hybridized carbons (Fsp3) is 0.471. The minimum Gasteiger partial charge on any atom is -0.453 e. The Kier molecular flexibility index (Phi) is 8.25. The molecule has 0 aliphatic rings. The number of nitrogens with one attached hydrogen (secondary N) is 2. The monoisotopic (exact) mass is 386 g/mol. The van der Waals surface area contributed by atoms with Crippen molar-refractivity contribution in [2.75, 3.05) is 5.75 Å². The minimum absolute atomic E-state index is 0.152. The van der Waals surface area contributed by atoms with E-state index in [4.69, 9.17) is 16.3 Å². The maximum absolute atomic E-state index is 11.8. The Balaban J connectivity index is 2.31. The summed E-state index contributed by atoms with van der Waals surface area (Å²) in [5, 5.41) is 5.39. The first-order chi connectivity index (χ1) is 11.6. The highest BCUT2D eigenvalue weighted by Gasteiger charge is 2.21. The van der Waals surface area contributed by atoms with E-state index in [9.17, 15) is 14.4 Å². The summed E-state index contributed by atoms with van der Waals surface area (Å²) in [6.07, 6.45) is -0.891. The van der Waals surface area contributed by atoms with Crippen LogP contribution in [0.1, 0.15) is 34.1 Å². The van der Waals surface area contributed by atoms with E-state index in [2.05, 4.69) is 10.6 Å². The zero-order chi connectivity index (χ0) is 19.0. The number of imide groups is 1. The van der Waals surface area contributed by atoms with Crippen LogP contribution in [0.25, 0.3) is 0 Å². The zero-order valence-corrected chi connectivity index (χ0v) is 16.3. The largest absolute Gasteiger partial charge is 0.453 e. The van der Waals surface area contributed by atoms with Crippen LogP contribution in [0.5, 0.6) is 0 Å². The van der Waals surface area contributed by atoms with E-state index >= 15 is 0 Å². The molecule has 0 saturated heterocycles. The average Bonchev–Trinajstić information content (AvgIpc) is 2.47. The van der Waals surface area contributed by atoms with E-state index < -0.39 is 29.6 Å². The molecule has 0 fully saturated rings. The summed E-state index contributed by atoms with van der Waals surface area (Å²) in [6, 6.07) is 6.65. The molecule has 8 heteroatoms. The summed E-state index contributed by atoms with van der Waals surface area (Å²) in [5.74, 6) is -0.653. The number of rotatable bonds is 6. The van der Waals surface area contributed by atoms with Gasteiger partial charge in [-0.05, 0) is 52.0 Å². The second-order valence-electron chi connectivity index (χ2n) is 6.38. The summed E-state index contributed by atoms with van der Waals surface area (Å²) in [7, 11) is 0. The Bertz CT molecular complexity index is 614. The fourth-order valence-corrected chi connectivity index (χ4v) is 2.64. The van der Waals surface area contributed by atoms with Gasteiger partial charge in [-0.25, -0.2) is 4.79 Å². The van der Waals surface area contributed by atoms with Crippen molar-refractivity contribution in [3.63, 3.8) is 0 Å². The second-order valence-corrected chi connectivity index (χ2v) is 7.98. The Labute approximate surface area is 157 Å². The van der Waals surface area contributed by atoms with Gasteiger partial charge in [0.1, 0.15) is 0 Å². The standard InChI is InChI=1S/C17H23ClN2O4S/c1-11(15(22)19-16(23)20-17(2,3)4)24-14(21)9-10-25-13-7-5-12(18)6-8-13/h5-8,11H,9-10H2,1-4H3,(H2,19,20,22,23)/t11-/m0/s1. The zero-order valence-electron chi connectivity index (χ0n) is 14.7. The average molecular weight is 387 g/mol. The normalized spacial score (nSPS) is 12.2. The van der Waals surface area contributed by atoms with Crippen molar-refractivity contribution in [1.82, 2.24) is 10.6 Å². The number of urea groups is 1. The lowest BCUT2D eigenvalue weighted by Gasteiger charge is -2.21. The van der Waals surface area contributed by atoms with Crippen LogP contribution in [0.15, 0.2) is 29.2 Å². The molecule has 3 amide bonds. The van der Waals surface area contributed by atoms with Crippen molar-refractivity contribution in [1.29, 1.82) is 0 Å². The van der Waals surface area contributed by atoms with Gasteiger partial charge in [0.15, 0.2) is 6.10 Å². The highest BCUT2D eigenvalue weighted by Crippen LogP contribution is 2.21. The Morgan fingerprint density at radius 1 is 1.20 bits per heavy atom. The van der Waals surface area contributed by atoms with Crippen LogP contribution in [0.4, 0.5) is 4.79 Å². The molecule has 0 bridgehead atoms. The molecular formula is C17H23ClN2O4S. The van der Waals surface area contributed by atoms with Gasteiger partial charge in [0.25, 0.3) is 5.91 Å². The van der Waals surface area contributed by atoms with Gasteiger partial charge in [-0.1, -0.05) is 11.6 Å². The summed E-state index contributed by atoms with van der Waals surface area (Å²) in [5.41, 5.74) is -0.469. The first kappa shape index (κ1) is 21.3. The van der Waals surface area contributed by atoms with Gasteiger partial charge < -0.3 is 10.1 Å². The van der Waals surface area contributed by atoms with E-state index in [-0.39, 0.29) is 6.42 Å². The molecule has 138 valence electrons. The van der Waals surface area contributed by atoms with E-state index in [1.807, 2.05) is 12.1 Å². The van der Waals surface area contributed by atoms with E-state index in [1.165, 1.54) is 18.7 Å². The van der Waals surface area contributed by atoms with Crippen molar-refractivity contribution < 1.29 is 19.1 Å². The van der Waals surface area contributed by atoms with Crippen LogP contribution >= 0.6 is 23.4 Å². The Morgan fingerprint density at radius 2 is 1.80 bits per heavy atom. The van der Waals surface area contributed by atoms with E-state index in [0.29, 0.717) is 10.8 Å². The molecule has 1 aromatic carbocycles. The molecule has 0 aliphatic heterocycles. The van der Waals surface area contributed by atoms with Crippen molar-refractivity contribution in [2.24, 2.45) is 0 Å². The highest BCUT2D eigenvalue weighted by molar-refractivity contribution is 7.99. The third kappa shape index (κ3) is 9.36. The van der Waals surface area contributed by atoms with Crippen LogP contribution < -0.4 is 10.6 Å². The summed E-state index contributed by atoms with van der Waals surface area (Å²) >= 11 is 7.29. The predicted molar refractivity (Wildman–Crippen MR) is 98.8 cm³/mol. The molecule has 25 heavy (non-hydrogen) atoms. The molecule has 0 saturated carbocycles. The Morgan fingerprint density at radius 3 is 2.36 bits per heavy atom. The number of hydrogen-bond donors (Lipinski definition) is 2.